The average molecular weight is 344 g/mol. The number of halogens is 1. The lowest BCUT2D eigenvalue weighted by Crippen LogP contribution is -2.40. The van der Waals surface area contributed by atoms with Crippen LogP contribution in [0.4, 0.5) is 0 Å². The van der Waals surface area contributed by atoms with Crippen LogP contribution in [0.3, 0.4) is 0 Å². The maximum atomic E-state index is 12.2. The Morgan fingerprint density at radius 3 is 2.47 bits per heavy atom. The number of thiophene rings is 1. The summed E-state index contributed by atoms with van der Waals surface area (Å²) < 4.78 is 1.03. The predicted octanol–water partition coefficient (Wildman–Crippen LogP) is 4.45. The van der Waals surface area contributed by atoms with Gasteiger partial charge in [0.25, 0.3) is 0 Å². The molecule has 0 atom stereocenters. The second kappa shape index (κ2) is 6.06. The molecule has 1 fully saturated rings. The van der Waals surface area contributed by atoms with Gasteiger partial charge in [0.2, 0.25) is 0 Å². The van der Waals surface area contributed by atoms with Crippen LogP contribution in [0.25, 0.3) is 0 Å². The highest BCUT2D eigenvalue weighted by atomic mass is 79.9. The van der Waals surface area contributed by atoms with Crippen LogP contribution >= 0.6 is 27.3 Å². The lowest BCUT2D eigenvalue weighted by Gasteiger charge is -2.38. The number of nitrogens with zero attached hydrogens (tertiary/aromatic N) is 1. The first-order valence-electron chi connectivity index (χ1n) is 6.87. The minimum absolute atomic E-state index is 0.255. The van der Waals surface area contributed by atoms with Gasteiger partial charge in [0.15, 0.2) is 5.78 Å². The molecule has 0 N–H and O–H groups in total. The summed E-state index contributed by atoms with van der Waals surface area (Å²) in [6.07, 6.45) is 2.43. The molecule has 4 heteroatoms. The van der Waals surface area contributed by atoms with E-state index in [1.54, 1.807) is 0 Å². The summed E-state index contributed by atoms with van der Waals surface area (Å²) in [5, 5.41) is 0. The van der Waals surface area contributed by atoms with Crippen molar-refractivity contribution in [2.24, 2.45) is 11.3 Å². The van der Waals surface area contributed by atoms with Gasteiger partial charge in [-0.1, -0.05) is 20.8 Å². The topological polar surface area (TPSA) is 20.3 Å². The zero-order valence-electron chi connectivity index (χ0n) is 11.9. The maximum absolute atomic E-state index is 12.2. The number of likely N-dealkylation sites (tertiary alicyclic amines) is 1. The molecule has 0 unspecified atom stereocenters. The molecule has 1 aliphatic rings. The van der Waals surface area contributed by atoms with Gasteiger partial charge >= 0.3 is 0 Å². The summed E-state index contributed by atoms with van der Waals surface area (Å²) in [6.45, 7) is 9.65. The summed E-state index contributed by atoms with van der Waals surface area (Å²) >= 11 is 4.94. The molecule has 0 amide bonds. The normalized spacial score (nSPS) is 18.7. The molecule has 2 nitrogen and oxygen atoms in total. The van der Waals surface area contributed by atoms with E-state index in [2.05, 4.69) is 41.6 Å². The van der Waals surface area contributed by atoms with Crippen LogP contribution < -0.4 is 0 Å². The Labute approximate surface area is 128 Å². The number of ketones is 1. The molecule has 0 radical (unpaired) electrons. The number of hydrogen-bond donors (Lipinski definition) is 0. The number of Topliss-reactive ketones (excluding diaryl/α,β-unsaturated/α-hetero) is 1. The molecular weight excluding hydrogens is 322 g/mol. The van der Waals surface area contributed by atoms with Crippen LogP contribution in [0.1, 0.15) is 43.3 Å². The molecule has 0 saturated carbocycles. The number of carbonyl (C=O) groups is 1. The van der Waals surface area contributed by atoms with E-state index in [0.717, 1.165) is 27.7 Å². The standard InChI is InChI=1S/C15H22BrNOS/c1-15(2,3)11-6-8-17(9-7-11)10-12(18)13-4-5-14(16)19-13/h4-5,11H,6-10H2,1-3H3. The van der Waals surface area contributed by atoms with Gasteiger partial charge in [0, 0.05) is 0 Å². The van der Waals surface area contributed by atoms with Gasteiger partial charge in [-0.3, -0.25) is 9.69 Å². The van der Waals surface area contributed by atoms with E-state index in [4.69, 9.17) is 0 Å². The zero-order chi connectivity index (χ0) is 14.0. The lowest BCUT2D eigenvalue weighted by molar-refractivity contribution is 0.0825. The fourth-order valence-electron chi connectivity index (χ4n) is 2.70. The Hall–Kier alpha value is -0.190. The number of carbonyl (C=O) groups excluding carboxylic acids is 1. The number of rotatable bonds is 3. The minimum Gasteiger partial charge on any atom is -0.296 e. The Kier molecular flexibility index (Phi) is 4.85. The fourth-order valence-corrected chi connectivity index (χ4v) is 4.02. The molecular formula is C15H22BrNOS. The first kappa shape index (κ1) is 15.2. The molecule has 19 heavy (non-hydrogen) atoms. The summed E-state index contributed by atoms with van der Waals surface area (Å²) in [7, 11) is 0. The van der Waals surface area contributed by atoms with Crippen molar-refractivity contribution in [3.63, 3.8) is 0 Å². The minimum atomic E-state index is 0.255. The van der Waals surface area contributed by atoms with Crippen molar-refractivity contribution < 1.29 is 4.79 Å². The van der Waals surface area contributed by atoms with E-state index in [1.807, 2.05) is 12.1 Å². The van der Waals surface area contributed by atoms with Crippen molar-refractivity contribution in [1.29, 1.82) is 0 Å². The molecule has 1 aromatic heterocycles. The third-order valence-corrected chi connectivity index (χ3v) is 5.69. The van der Waals surface area contributed by atoms with Gasteiger partial charge in [0.05, 0.1) is 15.2 Å². The summed E-state index contributed by atoms with van der Waals surface area (Å²) in [5.74, 6) is 1.04. The highest BCUT2D eigenvalue weighted by Crippen LogP contribution is 2.34. The Morgan fingerprint density at radius 1 is 1.37 bits per heavy atom. The fraction of sp³-hybridized carbons (Fsp3) is 0.667. The van der Waals surface area contributed by atoms with Gasteiger partial charge < -0.3 is 0 Å². The average Bonchev–Trinajstić information content (AvgIpc) is 2.75. The summed E-state index contributed by atoms with van der Waals surface area (Å²) in [5.41, 5.74) is 0.398. The first-order chi connectivity index (χ1) is 8.86. The quantitative estimate of drug-likeness (QED) is 0.755. The van der Waals surface area contributed by atoms with Crippen LogP contribution in [-0.2, 0) is 0 Å². The highest BCUT2D eigenvalue weighted by molar-refractivity contribution is 9.11. The molecule has 0 bridgehead atoms. The van der Waals surface area contributed by atoms with Crippen molar-refractivity contribution in [3.8, 4) is 0 Å². The van der Waals surface area contributed by atoms with Crippen LogP contribution in [0.15, 0.2) is 15.9 Å². The van der Waals surface area contributed by atoms with Crippen molar-refractivity contribution in [1.82, 2.24) is 4.90 Å². The van der Waals surface area contributed by atoms with Gasteiger partial charge in [-0.05, 0) is 65.3 Å². The van der Waals surface area contributed by atoms with E-state index >= 15 is 0 Å². The first-order valence-corrected chi connectivity index (χ1v) is 8.48. The molecule has 2 heterocycles. The number of hydrogen-bond acceptors (Lipinski definition) is 3. The molecule has 106 valence electrons. The third-order valence-electron chi connectivity index (χ3n) is 4.03. The smallest absolute Gasteiger partial charge is 0.186 e. The molecule has 1 aliphatic heterocycles. The number of piperidine rings is 1. The van der Waals surface area contributed by atoms with E-state index in [9.17, 15) is 4.79 Å². The Balaban J connectivity index is 1.84. The molecule has 2 rings (SSSR count). The lowest BCUT2D eigenvalue weighted by atomic mass is 9.75. The maximum Gasteiger partial charge on any atom is 0.186 e. The molecule has 1 saturated heterocycles. The molecule has 0 aliphatic carbocycles. The van der Waals surface area contributed by atoms with Crippen molar-refractivity contribution in [2.45, 2.75) is 33.6 Å². The van der Waals surface area contributed by atoms with E-state index in [-0.39, 0.29) is 5.78 Å². The van der Waals surface area contributed by atoms with Crippen molar-refractivity contribution >= 4 is 33.0 Å². The van der Waals surface area contributed by atoms with Crippen molar-refractivity contribution in [3.05, 3.63) is 20.8 Å². The van der Waals surface area contributed by atoms with E-state index in [0.29, 0.717) is 12.0 Å². The molecule has 0 spiro atoms. The van der Waals surface area contributed by atoms with Crippen LogP contribution in [-0.4, -0.2) is 30.3 Å². The zero-order valence-corrected chi connectivity index (χ0v) is 14.3. The highest BCUT2D eigenvalue weighted by Gasteiger charge is 2.29. The Morgan fingerprint density at radius 2 is 2.00 bits per heavy atom. The SMILES string of the molecule is CC(C)(C)C1CCN(CC(=O)c2ccc(Br)s2)CC1. The second-order valence-corrected chi connectivity index (χ2v) is 8.91. The summed E-state index contributed by atoms with van der Waals surface area (Å²) in [6, 6.07) is 3.86. The Bertz CT molecular complexity index is 441. The largest absolute Gasteiger partial charge is 0.296 e. The summed E-state index contributed by atoms with van der Waals surface area (Å²) in [4.78, 5) is 15.3. The second-order valence-electron chi connectivity index (χ2n) is 6.44. The predicted molar refractivity (Wildman–Crippen MR) is 85.0 cm³/mol. The van der Waals surface area contributed by atoms with E-state index < -0.39 is 0 Å². The van der Waals surface area contributed by atoms with Gasteiger partial charge in [-0.15, -0.1) is 11.3 Å². The monoisotopic (exact) mass is 343 g/mol. The molecule has 0 aromatic carbocycles. The van der Waals surface area contributed by atoms with Gasteiger partial charge in [-0.25, -0.2) is 0 Å². The van der Waals surface area contributed by atoms with Gasteiger partial charge in [-0.2, -0.15) is 0 Å². The van der Waals surface area contributed by atoms with Gasteiger partial charge in [0.1, 0.15) is 0 Å². The molecule has 1 aromatic rings. The van der Waals surface area contributed by atoms with Crippen LogP contribution in [0.2, 0.25) is 0 Å². The van der Waals surface area contributed by atoms with Crippen molar-refractivity contribution in [2.75, 3.05) is 19.6 Å². The third kappa shape index (κ3) is 4.14. The van der Waals surface area contributed by atoms with Crippen LogP contribution in [0, 0.1) is 11.3 Å². The van der Waals surface area contributed by atoms with Crippen LogP contribution in [0.5, 0.6) is 0 Å². The van der Waals surface area contributed by atoms with E-state index in [1.165, 1.54) is 24.2 Å².